The maximum Gasteiger partial charge on any atom is 0.309 e. The molecule has 2 amide bonds. The van der Waals surface area contributed by atoms with Crippen LogP contribution in [0.25, 0.3) is 0 Å². The van der Waals surface area contributed by atoms with Crippen molar-refractivity contribution in [3.63, 3.8) is 0 Å². The smallest absolute Gasteiger partial charge is 0.309 e. The quantitative estimate of drug-likeness (QED) is 0.384. The Hall–Kier alpha value is -4.06. The minimum Gasteiger partial charge on any atom is -0.496 e. The van der Waals surface area contributed by atoms with Crippen LogP contribution in [0.1, 0.15) is 86.3 Å². The number of hydrogen-bond donors (Lipinski definition) is 3. The summed E-state index contributed by atoms with van der Waals surface area (Å²) in [6.45, 7) is 3.71. The largest absolute Gasteiger partial charge is 0.496 e. The van der Waals surface area contributed by atoms with E-state index in [0.29, 0.717) is 25.7 Å². The van der Waals surface area contributed by atoms with E-state index in [1.54, 1.807) is 6.92 Å². The Morgan fingerprint density at radius 2 is 1.74 bits per heavy atom. The molecule has 3 aliphatic carbocycles. The van der Waals surface area contributed by atoms with Gasteiger partial charge in [-0.2, -0.15) is 5.26 Å². The second-order valence-electron chi connectivity index (χ2n) is 12.3. The van der Waals surface area contributed by atoms with E-state index in [-0.39, 0.29) is 70.4 Å². The lowest BCUT2D eigenvalue weighted by molar-refractivity contribution is -0.150. The first kappa shape index (κ1) is 29.4. The highest BCUT2D eigenvalue weighted by atomic mass is 16.5. The molecule has 9 heteroatoms. The van der Waals surface area contributed by atoms with Crippen LogP contribution in [0.4, 0.5) is 0 Å². The highest BCUT2D eigenvalue weighted by molar-refractivity contribution is 5.98. The fourth-order valence-electron chi connectivity index (χ4n) is 7.07. The minimum absolute atomic E-state index is 0.0506. The van der Waals surface area contributed by atoms with E-state index < -0.39 is 11.4 Å². The maximum atomic E-state index is 13.7. The Morgan fingerprint density at radius 1 is 1.05 bits per heavy atom. The first-order valence-electron chi connectivity index (χ1n) is 14.8. The first-order valence-corrected chi connectivity index (χ1v) is 14.8. The van der Waals surface area contributed by atoms with Gasteiger partial charge in [0.1, 0.15) is 17.6 Å². The monoisotopic (exact) mass is 573 g/mol. The third kappa shape index (κ3) is 5.80. The van der Waals surface area contributed by atoms with Crippen LogP contribution in [-0.4, -0.2) is 42.1 Å². The van der Waals surface area contributed by atoms with Gasteiger partial charge in [-0.1, -0.05) is 30.3 Å². The molecule has 2 aromatic carbocycles. The summed E-state index contributed by atoms with van der Waals surface area (Å²) in [5.74, 6) is -0.624. The Kier molecular flexibility index (Phi) is 8.44. The van der Waals surface area contributed by atoms with E-state index in [9.17, 15) is 24.8 Å². The lowest BCUT2D eigenvalue weighted by atomic mass is 9.75. The zero-order valence-corrected chi connectivity index (χ0v) is 24.4. The maximum absolute atomic E-state index is 13.7. The topological polar surface area (TPSA) is 138 Å². The van der Waals surface area contributed by atoms with Crippen LogP contribution in [0, 0.1) is 34.5 Å². The number of amides is 2. The third-order valence-corrected chi connectivity index (χ3v) is 9.69. The van der Waals surface area contributed by atoms with Gasteiger partial charge in [0, 0.05) is 12.1 Å². The normalized spacial score (nSPS) is 28.8. The summed E-state index contributed by atoms with van der Waals surface area (Å²) >= 11 is 0. The molecular weight excluding hydrogens is 534 g/mol. The number of rotatable bonds is 9. The Labute approximate surface area is 246 Å². The van der Waals surface area contributed by atoms with Gasteiger partial charge in [-0.25, -0.2) is 0 Å². The predicted molar refractivity (Wildman–Crippen MR) is 155 cm³/mol. The molecule has 222 valence electrons. The summed E-state index contributed by atoms with van der Waals surface area (Å²) < 4.78 is 11.7. The van der Waals surface area contributed by atoms with Gasteiger partial charge in [-0.05, 0) is 82.3 Å². The van der Waals surface area contributed by atoms with E-state index in [1.165, 1.54) is 19.2 Å². The van der Waals surface area contributed by atoms with Crippen molar-refractivity contribution in [3.05, 3.63) is 59.2 Å². The van der Waals surface area contributed by atoms with Crippen LogP contribution < -0.4 is 20.1 Å². The molecular formula is C33H39N3O6. The van der Waals surface area contributed by atoms with Crippen LogP contribution in [0.2, 0.25) is 0 Å². The number of nitrogens with zero attached hydrogens (tertiary/aromatic N) is 1. The molecule has 2 bridgehead atoms. The van der Waals surface area contributed by atoms with Gasteiger partial charge >= 0.3 is 5.97 Å². The predicted octanol–water partition coefficient (Wildman–Crippen LogP) is 5.00. The first-order chi connectivity index (χ1) is 20.1. The SMILES string of the molecule is COc1cc(C#N)c(O[C@H]2CC[C@@](C)(C(=O)O)CC2)cc1C(=O)N[C@@H]1[C@H]2CC[C@H](C2)[C@@H]1C(=O)N[C@@H](C)c1ccccc1. The molecule has 5 rings (SSSR count). The number of methoxy groups -OCH3 is 1. The summed E-state index contributed by atoms with van der Waals surface area (Å²) in [6, 6.07) is 14.5. The van der Waals surface area contributed by atoms with Crippen LogP contribution in [-0.2, 0) is 9.59 Å². The molecule has 3 saturated carbocycles. The van der Waals surface area contributed by atoms with Crippen molar-refractivity contribution in [3.8, 4) is 17.6 Å². The van der Waals surface area contributed by atoms with Gasteiger partial charge in [0.05, 0.1) is 41.7 Å². The Bertz CT molecular complexity index is 1380. The van der Waals surface area contributed by atoms with Crippen molar-refractivity contribution in [2.24, 2.45) is 23.2 Å². The van der Waals surface area contributed by atoms with Crippen molar-refractivity contribution in [1.82, 2.24) is 10.6 Å². The number of carbonyl (C=O) groups is 3. The second-order valence-corrected chi connectivity index (χ2v) is 12.3. The third-order valence-electron chi connectivity index (χ3n) is 9.69. The van der Waals surface area contributed by atoms with Crippen molar-refractivity contribution in [2.75, 3.05) is 7.11 Å². The minimum atomic E-state index is -0.816. The summed E-state index contributed by atoms with van der Waals surface area (Å²) in [5, 5.41) is 25.7. The number of hydrogen-bond acceptors (Lipinski definition) is 6. The van der Waals surface area contributed by atoms with Crippen molar-refractivity contribution < 1.29 is 29.0 Å². The molecule has 5 atom stereocenters. The van der Waals surface area contributed by atoms with Crippen LogP contribution in [0.3, 0.4) is 0 Å². The molecule has 0 radical (unpaired) electrons. The lowest BCUT2D eigenvalue weighted by Crippen LogP contribution is -2.50. The molecule has 0 spiro atoms. The number of carboxylic acids is 1. The number of carboxylic acid groups (broad SMARTS) is 1. The summed E-state index contributed by atoms with van der Waals surface area (Å²) in [6.07, 6.45) is 4.57. The molecule has 0 aromatic heterocycles. The van der Waals surface area contributed by atoms with Crippen LogP contribution in [0.5, 0.6) is 11.5 Å². The van der Waals surface area contributed by atoms with E-state index in [4.69, 9.17) is 9.47 Å². The van der Waals surface area contributed by atoms with E-state index in [2.05, 4.69) is 16.7 Å². The highest BCUT2D eigenvalue weighted by Crippen LogP contribution is 2.49. The molecule has 0 unspecified atom stereocenters. The van der Waals surface area contributed by atoms with E-state index in [0.717, 1.165) is 24.8 Å². The van der Waals surface area contributed by atoms with Crippen molar-refractivity contribution in [1.29, 1.82) is 5.26 Å². The second kappa shape index (κ2) is 12.0. The molecule has 9 nitrogen and oxygen atoms in total. The zero-order chi connectivity index (χ0) is 30.0. The average Bonchev–Trinajstić information content (AvgIpc) is 3.60. The number of benzene rings is 2. The van der Waals surface area contributed by atoms with Gasteiger partial charge in [0.2, 0.25) is 5.91 Å². The van der Waals surface area contributed by atoms with Gasteiger partial charge in [-0.15, -0.1) is 0 Å². The average molecular weight is 574 g/mol. The standard InChI is InChI=1S/C33H39N3O6/c1-19(20-7-5-4-6-8-20)35-31(38)28-21-9-10-22(15-21)29(28)36-30(37)25-17-26(23(18-34)16-27(25)41-3)42-24-11-13-33(2,14-12-24)32(39)40/h4-8,16-17,19,21-22,24,28-29H,9-15H2,1-3H3,(H,35,38)(H,36,37)(H,39,40)/t19-,21+,22-,24-,28-,29+,33+/m0/s1. The van der Waals surface area contributed by atoms with Crippen molar-refractivity contribution >= 4 is 17.8 Å². The zero-order valence-electron chi connectivity index (χ0n) is 24.4. The highest BCUT2D eigenvalue weighted by Gasteiger charge is 2.51. The molecule has 3 aliphatic rings. The molecule has 3 N–H and O–H groups in total. The van der Waals surface area contributed by atoms with Crippen molar-refractivity contribution in [2.45, 2.75) is 77.0 Å². The van der Waals surface area contributed by atoms with Gasteiger partial charge in [0.25, 0.3) is 5.91 Å². The molecule has 3 fully saturated rings. The number of carbonyl (C=O) groups excluding carboxylic acids is 2. The van der Waals surface area contributed by atoms with Gasteiger partial charge < -0.3 is 25.2 Å². The van der Waals surface area contributed by atoms with Gasteiger partial charge in [0.15, 0.2) is 0 Å². The Balaban J connectivity index is 1.32. The Morgan fingerprint density at radius 3 is 2.38 bits per heavy atom. The van der Waals surface area contributed by atoms with E-state index >= 15 is 0 Å². The lowest BCUT2D eigenvalue weighted by Gasteiger charge is -2.34. The van der Waals surface area contributed by atoms with Crippen LogP contribution in [0.15, 0.2) is 42.5 Å². The summed E-state index contributed by atoms with van der Waals surface area (Å²) in [4.78, 5) is 38.9. The molecule has 42 heavy (non-hydrogen) atoms. The summed E-state index contributed by atoms with van der Waals surface area (Å²) in [7, 11) is 1.44. The molecule has 0 aliphatic heterocycles. The van der Waals surface area contributed by atoms with E-state index in [1.807, 2.05) is 37.3 Å². The fraction of sp³-hybridized carbons (Fsp3) is 0.515. The summed E-state index contributed by atoms with van der Waals surface area (Å²) in [5.41, 5.74) is 0.708. The number of nitrogens with one attached hydrogen (secondary N) is 2. The number of fused-ring (bicyclic) bond motifs is 2. The van der Waals surface area contributed by atoms with Crippen LogP contribution >= 0.6 is 0 Å². The molecule has 0 saturated heterocycles. The number of aliphatic carboxylic acids is 1. The molecule has 0 heterocycles. The number of ether oxygens (including phenoxy) is 2. The number of nitriles is 1. The van der Waals surface area contributed by atoms with Gasteiger partial charge in [-0.3, -0.25) is 14.4 Å². The fourth-order valence-corrected chi connectivity index (χ4v) is 7.07. The molecule has 2 aromatic rings.